The Kier molecular flexibility index (Phi) is 9.71. The molecule has 3 aliphatic rings. The van der Waals surface area contributed by atoms with Gasteiger partial charge in [0.25, 0.3) is 8.32 Å². The highest BCUT2D eigenvalue weighted by atomic mass is 28.4. The summed E-state index contributed by atoms with van der Waals surface area (Å²) in [5.41, 5.74) is 1.37. The average molecular weight is 661 g/mol. The van der Waals surface area contributed by atoms with Crippen LogP contribution in [0.5, 0.6) is 0 Å². The lowest BCUT2D eigenvalue weighted by molar-refractivity contribution is -0.0793. The third kappa shape index (κ3) is 5.90. The predicted octanol–water partition coefficient (Wildman–Crippen LogP) is 8.55. The third-order valence-electron chi connectivity index (χ3n) is 12.1. The molecule has 0 saturated carbocycles. The van der Waals surface area contributed by atoms with E-state index in [4.69, 9.17) is 13.6 Å². The normalized spacial score (nSPS) is 27.6. The van der Waals surface area contributed by atoms with Crippen molar-refractivity contribution in [3.8, 4) is 0 Å². The molecule has 0 spiro atoms. The molecule has 4 nitrogen and oxygen atoms in total. The minimum Gasteiger partial charge on any atom is -0.413 e. The zero-order valence-electron chi connectivity index (χ0n) is 30.3. The second-order valence-corrected chi connectivity index (χ2v) is 26.4. The maximum atomic E-state index is 12.6. The number of benzene rings is 2. The second kappa shape index (κ2) is 12.6. The van der Waals surface area contributed by atoms with E-state index < -0.39 is 28.3 Å². The van der Waals surface area contributed by atoms with Gasteiger partial charge in [-0.05, 0) is 70.4 Å². The molecule has 46 heavy (non-hydrogen) atoms. The third-order valence-corrected chi connectivity index (χ3v) is 21.6. The number of hydrogen-bond acceptors (Lipinski definition) is 4. The summed E-state index contributed by atoms with van der Waals surface area (Å²) in [6.45, 7) is 28.0. The lowest BCUT2D eigenvalue weighted by Crippen LogP contribution is -2.69. The Labute approximate surface area is 281 Å². The van der Waals surface area contributed by atoms with Gasteiger partial charge in [0.1, 0.15) is 11.7 Å². The largest absolute Gasteiger partial charge is 0.413 e. The first-order valence-electron chi connectivity index (χ1n) is 17.5. The molecule has 2 heterocycles. The van der Waals surface area contributed by atoms with E-state index in [0.717, 1.165) is 31.3 Å². The van der Waals surface area contributed by atoms with E-state index in [1.807, 2.05) is 0 Å². The van der Waals surface area contributed by atoms with Crippen LogP contribution in [0.3, 0.4) is 0 Å². The zero-order valence-corrected chi connectivity index (χ0v) is 32.3. The molecule has 2 fully saturated rings. The van der Waals surface area contributed by atoms with E-state index in [1.165, 1.54) is 15.9 Å². The van der Waals surface area contributed by atoms with Crippen LogP contribution in [0.15, 0.2) is 84.5 Å². The Morgan fingerprint density at radius 3 is 1.96 bits per heavy atom. The van der Waals surface area contributed by atoms with Crippen LogP contribution in [-0.4, -0.2) is 52.3 Å². The number of aliphatic hydroxyl groups excluding tert-OH is 1. The SMILES string of the molecule is C=C[C@H]1C(C)(C)[C@H]2O[C@]1([C@@H](O)C1=C(CO[Si](C)(C)C(C)(C)C)CCCC1)C[C@@H]2O[Si](c1ccccc1)(c1ccccc1)C(C)(C)C. The molecule has 6 heteroatoms. The fraction of sp³-hybridized carbons (Fsp3) is 0.600. The van der Waals surface area contributed by atoms with Crippen molar-refractivity contribution < 1.29 is 18.7 Å². The summed E-state index contributed by atoms with van der Waals surface area (Å²) in [5.74, 6) is -0.00371. The van der Waals surface area contributed by atoms with Gasteiger partial charge in [-0.2, -0.15) is 0 Å². The summed E-state index contributed by atoms with van der Waals surface area (Å²) in [4.78, 5) is 0. The topological polar surface area (TPSA) is 47.9 Å². The fourth-order valence-electron chi connectivity index (χ4n) is 8.56. The summed E-state index contributed by atoms with van der Waals surface area (Å²) >= 11 is 0. The van der Waals surface area contributed by atoms with E-state index in [9.17, 15) is 5.11 Å². The number of hydrogen-bond donors (Lipinski definition) is 1. The van der Waals surface area contributed by atoms with Crippen LogP contribution in [0.1, 0.15) is 87.5 Å². The van der Waals surface area contributed by atoms with E-state index in [2.05, 4.69) is 142 Å². The Balaban J connectivity index is 1.57. The van der Waals surface area contributed by atoms with Crippen molar-refractivity contribution in [1.29, 1.82) is 0 Å². The molecule has 0 unspecified atom stereocenters. The molecule has 0 aromatic heterocycles. The molecule has 2 aromatic carbocycles. The predicted molar refractivity (Wildman–Crippen MR) is 197 cm³/mol. The second-order valence-electron chi connectivity index (χ2n) is 17.3. The van der Waals surface area contributed by atoms with Crippen molar-refractivity contribution >= 4 is 27.0 Å². The highest BCUT2D eigenvalue weighted by Crippen LogP contribution is 2.62. The number of rotatable bonds is 10. The quantitative estimate of drug-likeness (QED) is 0.205. The van der Waals surface area contributed by atoms with Crippen LogP contribution in [-0.2, 0) is 13.6 Å². The molecule has 5 atom stereocenters. The number of ether oxygens (including phenoxy) is 1. The van der Waals surface area contributed by atoms with E-state index in [1.54, 1.807) is 0 Å². The lowest BCUT2D eigenvalue weighted by atomic mass is 9.60. The average Bonchev–Trinajstić information content (AvgIpc) is 3.49. The Hall–Kier alpha value is -1.81. The molecular weight excluding hydrogens is 601 g/mol. The van der Waals surface area contributed by atoms with Crippen molar-refractivity contribution in [1.82, 2.24) is 0 Å². The van der Waals surface area contributed by atoms with Gasteiger partial charge in [0.2, 0.25) is 0 Å². The maximum absolute atomic E-state index is 12.6. The van der Waals surface area contributed by atoms with Crippen LogP contribution in [0.25, 0.3) is 0 Å². The van der Waals surface area contributed by atoms with Gasteiger partial charge >= 0.3 is 0 Å². The van der Waals surface area contributed by atoms with Gasteiger partial charge in [0.05, 0.1) is 18.8 Å². The van der Waals surface area contributed by atoms with Crippen molar-refractivity contribution in [2.45, 2.75) is 135 Å². The Morgan fingerprint density at radius 1 is 0.913 bits per heavy atom. The van der Waals surface area contributed by atoms with Crippen LogP contribution < -0.4 is 10.4 Å². The fourth-order valence-corrected chi connectivity index (χ4v) is 14.2. The van der Waals surface area contributed by atoms with Crippen molar-refractivity contribution in [3.05, 3.63) is 84.5 Å². The lowest BCUT2D eigenvalue weighted by Gasteiger charge is -2.50. The van der Waals surface area contributed by atoms with Crippen LogP contribution >= 0.6 is 0 Å². The van der Waals surface area contributed by atoms with E-state index >= 15 is 0 Å². The molecule has 252 valence electrons. The van der Waals surface area contributed by atoms with Gasteiger partial charge in [-0.1, -0.05) is 122 Å². The summed E-state index contributed by atoms with van der Waals surface area (Å²) in [5, 5.41) is 15.2. The van der Waals surface area contributed by atoms with Crippen molar-refractivity contribution in [2.24, 2.45) is 11.3 Å². The first-order chi connectivity index (χ1) is 21.4. The number of aliphatic hydroxyl groups is 1. The van der Waals surface area contributed by atoms with Crippen molar-refractivity contribution in [3.63, 3.8) is 0 Å². The summed E-state index contributed by atoms with van der Waals surface area (Å²) in [6.07, 6.45) is 5.72. The highest BCUT2D eigenvalue weighted by Gasteiger charge is 2.70. The van der Waals surface area contributed by atoms with Gasteiger partial charge in [-0.3, -0.25) is 0 Å². The smallest absolute Gasteiger partial charge is 0.261 e. The van der Waals surface area contributed by atoms with Gasteiger partial charge in [-0.15, -0.1) is 6.58 Å². The van der Waals surface area contributed by atoms with Crippen LogP contribution in [0, 0.1) is 11.3 Å². The summed E-state index contributed by atoms with van der Waals surface area (Å²) in [6, 6.07) is 21.7. The Bertz CT molecular complexity index is 1360. The molecule has 5 rings (SSSR count). The van der Waals surface area contributed by atoms with Crippen LogP contribution in [0.4, 0.5) is 0 Å². The van der Waals surface area contributed by atoms with E-state index in [-0.39, 0.29) is 33.6 Å². The zero-order chi connectivity index (χ0) is 33.8. The number of fused-ring (bicyclic) bond motifs is 2. The molecule has 0 amide bonds. The standard InChI is InChI=1S/C40H60O4Si2/c1-12-34-39(8,9)36-33(44-46(38(5,6)7,30-22-15-13-16-23-30)31-24-17-14-18-25-31)27-40(34,43-36)35(41)32-26-20-19-21-29(32)28-42-45(10,11)37(2,3)4/h12-18,22-25,33-36,41H,1,19-21,26-28H2,2-11H3/t33-,34-,35-,36-,40+/m0/s1. The first kappa shape index (κ1) is 35.5. The molecule has 1 aliphatic carbocycles. The molecular formula is C40H60O4Si2. The first-order valence-corrected chi connectivity index (χ1v) is 22.4. The van der Waals surface area contributed by atoms with Crippen molar-refractivity contribution in [2.75, 3.05) is 6.61 Å². The van der Waals surface area contributed by atoms with Crippen LogP contribution in [0.2, 0.25) is 23.2 Å². The Morgan fingerprint density at radius 2 is 1.46 bits per heavy atom. The minimum atomic E-state index is -2.83. The molecule has 2 saturated heterocycles. The van der Waals surface area contributed by atoms with E-state index in [0.29, 0.717) is 13.0 Å². The molecule has 2 aromatic rings. The summed E-state index contributed by atoms with van der Waals surface area (Å²) in [7, 11) is -4.78. The van der Waals surface area contributed by atoms with Gasteiger partial charge in [-0.25, -0.2) is 0 Å². The molecule has 0 radical (unpaired) electrons. The maximum Gasteiger partial charge on any atom is 0.261 e. The molecule has 2 bridgehead atoms. The van der Waals surface area contributed by atoms with Gasteiger partial charge in [0, 0.05) is 17.8 Å². The van der Waals surface area contributed by atoms with Gasteiger partial charge in [0.15, 0.2) is 8.32 Å². The minimum absolute atomic E-state index is 0.00371. The van der Waals surface area contributed by atoms with Gasteiger partial charge < -0.3 is 18.7 Å². The highest BCUT2D eigenvalue weighted by molar-refractivity contribution is 6.99. The summed E-state index contributed by atoms with van der Waals surface area (Å²) < 4.78 is 21.7. The molecule has 1 N–H and O–H groups in total. The molecule has 2 aliphatic heterocycles. The monoisotopic (exact) mass is 660 g/mol.